The van der Waals surface area contributed by atoms with Crippen molar-refractivity contribution in [3.63, 3.8) is 0 Å². The molecule has 0 atom stereocenters. The van der Waals surface area contributed by atoms with Crippen LogP contribution in [0.5, 0.6) is 0 Å². The molecule has 1 aliphatic carbocycles. The molecule has 0 heterocycles. The van der Waals surface area contributed by atoms with Crippen LogP contribution in [0.15, 0.2) is 22.8 Å². The van der Waals surface area contributed by atoms with Crippen molar-refractivity contribution in [2.45, 2.75) is 13.3 Å². The van der Waals surface area contributed by atoms with E-state index in [-0.39, 0.29) is 17.1 Å². The Morgan fingerprint density at radius 1 is 1.62 bits per heavy atom. The predicted molar refractivity (Wildman–Crippen MR) is 32.3 cm³/mol. The summed E-state index contributed by atoms with van der Waals surface area (Å²) in [7, 11) is 0. The summed E-state index contributed by atoms with van der Waals surface area (Å²) in [5.74, 6) is 0. The summed E-state index contributed by atoms with van der Waals surface area (Å²) in [4.78, 5) is 0. The molecule has 0 aromatic rings. The van der Waals surface area contributed by atoms with Gasteiger partial charge in [0.25, 0.3) is 0 Å². The molecule has 0 amide bonds. The van der Waals surface area contributed by atoms with Crippen LogP contribution in [0, 0.1) is 0 Å². The Balaban J connectivity index is 0.000000490. The van der Waals surface area contributed by atoms with Crippen molar-refractivity contribution in [3.8, 4) is 0 Å². The van der Waals surface area contributed by atoms with Crippen LogP contribution in [0.4, 0.5) is 0 Å². The molecular weight excluding hydrogens is 162 g/mol. The maximum absolute atomic E-state index is 5.68. The third kappa shape index (κ3) is 1.66. The molecular formula is C6H7ClMn. The summed E-state index contributed by atoms with van der Waals surface area (Å²) in [6.45, 7) is 2.02. The molecule has 1 aliphatic rings. The van der Waals surface area contributed by atoms with Crippen LogP contribution in [0.2, 0.25) is 0 Å². The Kier molecular flexibility index (Phi) is 3.46. The maximum atomic E-state index is 5.68. The molecule has 0 fully saturated rings. The predicted octanol–water partition coefficient (Wildman–Crippen LogP) is 2.46. The molecule has 2 heteroatoms. The van der Waals surface area contributed by atoms with Crippen molar-refractivity contribution < 1.29 is 17.1 Å². The van der Waals surface area contributed by atoms with Crippen molar-refractivity contribution in [1.29, 1.82) is 0 Å². The SMILES string of the molecule is CC1=C(Cl)CC=C1.[Mn]. The minimum atomic E-state index is 0. The van der Waals surface area contributed by atoms with Crippen LogP contribution < -0.4 is 0 Å². The maximum Gasteiger partial charge on any atom is 0.0247 e. The first-order valence-electron chi connectivity index (χ1n) is 2.32. The van der Waals surface area contributed by atoms with E-state index in [4.69, 9.17) is 11.6 Å². The molecule has 8 heavy (non-hydrogen) atoms. The van der Waals surface area contributed by atoms with E-state index in [9.17, 15) is 0 Å². The molecule has 0 nitrogen and oxygen atoms in total. The summed E-state index contributed by atoms with van der Waals surface area (Å²) in [6, 6.07) is 0. The second kappa shape index (κ2) is 3.34. The van der Waals surface area contributed by atoms with Crippen molar-refractivity contribution in [2.75, 3.05) is 0 Å². The van der Waals surface area contributed by atoms with E-state index >= 15 is 0 Å². The smallest absolute Gasteiger partial charge is 0.0247 e. The number of hydrogen-bond acceptors (Lipinski definition) is 0. The van der Waals surface area contributed by atoms with Gasteiger partial charge < -0.3 is 0 Å². The standard InChI is InChI=1S/C6H7Cl.Mn/c1-5-3-2-4-6(5)7;/h2-3H,4H2,1H3;. The van der Waals surface area contributed by atoms with Gasteiger partial charge in [-0.1, -0.05) is 23.8 Å². The van der Waals surface area contributed by atoms with Crippen LogP contribution in [-0.4, -0.2) is 0 Å². The molecule has 0 aromatic heterocycles. The quantitative estimate of drug-likeness (QED) is 0.489. The summed E-state index contributed by atoms with van der Waals surface area (Å²) >= 11 is 5.68. The first-order chi connectivity index (χ1) is 3.30. The zero-order valence-corrected chi connectivity index (χ0v) is 6.55. The largest absolute Gasteiger partial charge is 0.0885 e. The van der Waals surface area contributed by atoms with Gasteiger partial charge in [0, 0.05) is 28.5 Å². The molecule has 0 saturated carbocycles. The topological polar surface area (TPSA) is 0 Å². The number of rotatable bonds is 0. The molecule has 0 N–H and O–H groups in total. The average molecular weight is 170 g/mol. The fraction of sp³-hybridized carbons (Fsp3) is 0.333. The Morgan fingerprint density at radius 3 is 2.38 bits per heavy atom. The molecule has 0 spiro atoms. The number of hydrogen-bond donors (Lipinski definition) is 0. The third-order valence-electron chi connectivity index (χ3n) is 1.09. The third-order valence-corrected chi connectivity index (χ3v) is 1.55. The van der Waals surface area contributed by atoms with Gasteiger partial charge in [0.05, 0.1) is 0 Å². The zero-order valence-electron chi connectivity index (χ0n) is 4.62. The van der Waals surface area contributed by atoms with E-state index in [1.54, 1.807) is 0 Å². The van der Waals surface area contributed by atoms with Gasteiger partial charge >= 0.3 is 0 Å². The number of halogens is 1. The van der Waals surface area contributed by atoms with Crippen molar-refractivity contribution >= 4 is 11.6 Å². The van der Waals surface area contributed by atoms with Gasteiger partial charge in [0.2, 0.25) is 0 Å². The van der Waals surface area contributed by atoms with Crippen LogP contribution in [0.3, 0.4) is 0 Å². The summed E-state index contributed by atoms with van der Waals surface area (Å²) in [5.41, 5.74) is 1.21. The Hall–Kier alpha value is 0.289. The van der Waals surface area contributed by atoms with Crippen molar-refractivity contribution in [3.05, 3.63) is 22.8 Å². The van der Waals surface area contributed by atoms with Crippen LogP contribution >= 0.6 is 11.6 Å². The Labute approximate surface area is 65.1 Å². The van der Waals surface area contributed by atoms with Gasteiger partial charge in [-0.25, -0.2) is 0 Å². The molecule has 0 aliphatic heterocycles. The first-order valence-corrected chi connectivity index (χ1v) is 2.70. The zero-order chi connectivity index (χ0) is 5.28. The second-order valence-corrected chi connectivity index (χ2v) is 2.15. The minimum absolute atomic E-state index is 0. The molecule has 0 bridgehead atoms. The Morgan fingerprint density at radius 2 is 2.25 bits per heavy atom. The van der Waals surface area contributed by atoms with E-state index in [1.807, 2.05) is 13.0 Å². The minimum Gasteiger partial charge on any atom is -0.0885 e. The van der Waals surface area contributed by atoms with Crippen molar-refractivity contribution in [1.82, 2.24) is 0 Å². The molecule has 0 unspecified atom stereocenters. The summed E-state index contributed by atoms with van der Waals surface area (Å²) in [5, 5.41) is 0.986. The van der Waals surface area contributed by atoms with Gasteiger partial charge in [-0.3, -0.25) is 0 Å². The summed E-state index contributed by atoms with van der Waals surface area (Å²) < 4.78 is 0. The van der Waals surface area contributed by atoms with E-state index < -0.39 is 0 Å². The van der Waals surface area contributed by atoms with Gasteiger partial charge in [-0.15, -0.1) is 0 Å². The summed E-state index contributed by atoms with van der Waals surface area (Å²) in [6.07, 6.45) is 5.05. The second-order valence-electron chi connectivity index (χ2n) is 1.69. The van der Waals surface area contributed by atoms with Gasteiger partial charge in [-0.2, -0.15) is 0 Å². The molecule has 45 valence electrons. The van der Waals surface area contributed by atoms with Gasteiger partial charge in [0.1, 0.15) is 0 Å². The fourth-order valence-electron chi connectivity index (χ4n) is 0.591. The number of allylic oxidation sites excluding steroid dienone is 4. The molecule has 1 rings (SSSR count). The normalized spacial score (nSPS) is 16.8. The van der Waals surface area contributed by atoms with Crippen LogP contribution in [-0.2, 0) is 17.1 Å². The fourth-order valence-corrected chi connectivity index (χ4v) is 0.743. The molecule has 1 radical (unpaired) electrons. The first kappa shape index (κ1) is 8.29. The van der Waals surface area contributed by atoms with Crippen LogP contribution in [0.1, 0.15) is 13.3 Å². The van der Waals surface area contributed by atoms with Crippen molar-refractivity contribution in [2.24, 2.45) is 0 Å². The van der Waals surface area contributed by atoms with E-state index in [0.29, 0.717) is 0 Å². The van der Waals surface area contributed by atoms with Crippen LogP contribution in [0.25, 0.3) is 0 Å². The molecule has 0 aromatic carbocycles. The van der Waals surface area contributed by atoms with Gasteiger partial charge in [-0.05, 0) is 12.5 Å². The monoisotopic (exact) mass is 169 g/mol. The molecule has 0 saturated heterocycles. The Bertz CT molecular complexity index is 135. The van der Waals surface area contributed by atoms with E-state index in [2.05, 4.69) is 6.08 Å². The van der Waals surface area contributed by atoms with E-state index in [0.717, 1.165) is 11.5 Å². The van der Waals surface area contributed by atoms with Gasteiger partial charge in [0.15, 0.2) is 0 Å². The van der Waals surface area contributed by atoms with E-state index in [1.165, 1.54) is 5.57 Å². The average Bonchev–Trinajstić information content (AvgIpc) is 1.91.